The van der Waals surface area contributed by atoms with Gasteiger partial charge in [-0.3, -0.25) is 0 Å². The van der Waals surface area contributed by atoms with Crippen molar-refractivity contribution in [3.8, 4) is 0 Å². The van der Waals surface area contributed by atoms with E-state index in [1.54, 1.807) is 0 Å². The maximum atomic E-state index is 12.5. The third kappa shape index (κ3) is 3.98. The van der Waals surface area contributed by atoms with E-state index in [1.165, 1.54) is 48.5 Å². The third-order valence-electron chi connectivity index (χ3n) is 4.35. The van der Waals surface area contributed by atoms with Gasteiger partial charge in [-0.05, 0) is 24.3 Å². The molecule has 0 fully saturated rings. The summed E-state index contributed by atoms with van der Waals surface area (Å²) in [7, 11) is 0. The van der Waals surface area contributed by atoms with Crippen LogP contribution in [-0.4, -0.2) is 10.3 Å². The summed E-state index contributed by atoms with van der Waals surface area (Å²) in [5, 5.41) is 7.01. The van der Waals surface area contributed by atoms with Gasteiger partial charge in [0.05, 0.1) is 0 Å². The van der Waals surface area contributed by atoms with Crippen LogP contribution in [0.5, 0.6) is 0 Å². The first-order valence-electron chi connectivity index (χ1n) is 9.48. The highest BCUT2D eigenvalue weighted by molar-refractivity contribution is 5.70. The summed E-state index contributed by atoms with van der Waals surface area (Å²) >= 11 is 0. The molecule has 0 atom stereocenters. The molecular weight excluding hydrogens is 452 g/mol. The molecule has 168 valence electrons. The minimum absolute atomic E-state index is 0.137. The summed E-state index contributed by atoms with van der Waals surface area (Å²) in [5.74, 6) is 0. The molecule has 3 aromatic heterocycles. The number of para-hydroxylation sites is 4. The second-order valence-electron chi connectivity index (χ2n) is 6.60. The van der Waals surface area contributed by atoms with Crippen LogP contribution in [0.25, 0.3) is 44.5 Å². The fourth-order valence-corrected chi connectivity index (χ4v) is 2.78. The molecule has 0 unspecified atom stereocenters. The largest absolute Gasteiger partial charge is 0.418 e. The van der Waals surface area contributed by atoms with Crippen LogP contribution in [0.2, 0.25) is 0 Å². The molecule has 2 aromatic carbocycles. The molecule has 3 heterocycles. The van der Waals surface area contributed by atoms with E-state index in [0.717, 1.165) is 12.1 Å². The lowest BCUT2D eigenvalue weighted by molar-refractivity contribution is 0.437. The smallest absolute Gasteiger partial charge is 0.382 e. The zero-order chi connectivity index (χ0) is 23.7. The summed E-state index contributed by atoms with van der Waals surface area (Å²) in [5.41, 5.74) is -6.13. The van der Waals surface area contributed by atoms with Crippen LogP contribution in [-0.2, 0) is 0 Å². The average molecular weight is 462 g/mol. The Labute approximate surface area is 184 Å². The van der Waals surface area contributed by atoms with Crippen LogP contribution in [0, 0.1) is 0 Å². The summed E-state index contributed by atoms with van der Waals surface area (Å²) < 4.78 is 30.6. The van der Waals surface area contributed by atoms with Gasteiger partial charge in [0.25, 0.3) is 0 Å². The van der Waals surface area contributed by atoms with Crippen LogP contribution in [0.15, 0.2) is 107 Å². The van der Waals surface area contributed by atoms with Crippen molar-refractivity contribution in [3.05, 3.63) is 102 Å². The van der Waals surface area contributed by atoms with Crippen molar-refractivity contribution in [3.63, 3.8) is 0 Å². The first-order valence-corrected chi connectivity index (χ1v) is 9.48. The minimum atomic E-state index is -1.02. The summed E-state index contributed by atoms with van der Waals surface area (Å²) in [4.78, 5) is 50.0. The molecule has 0 N–H and O–H groups in total. The first kappa shape index (κ1) is 20.6. The second kappa shape index (κ2) is 8.35. The van der Waals surface area contributed by atoms with Gasteiger partial charge in [0.15, 0.2) is 33.4 Å². The standard InChI is InChI=1S/C22H10N2O10/c25-19-11-9-18(34-23-11)22(28)32-16-8-4-2-6-14(16)30-20(26)12-10-17(33-24-12)21(27)31-15-7-3-1-5-13(15)29-19/h1-10H. The lowest BCUT2D eigenvalue weighted by Crippen LogP contribution is -1.98. The van der Waals surface area contributed by atoms with E-state index in [9.17, 15) is 19.2 Å². The lowest BCUT2D eigenvalue weighted by Gasteiger charge is -1.88. The molecule has 0 amide bonds. The van der Waals surface area contributed by atoms with Crippen LogP contribution in [0.1, 0.15) is 0 Å². The monoisotopic (exact) mass is 462 g/mol. The maximum absolute atomic E-state index is 12.5. The minimum Gasteiger partial charge on any atom is -0.418 e. The Morgan fingerprint density at radius 1 is 0.441 bits per heavy atom. The fourth-order valence-electron chi connectivity index (χ4n) is 2.78. The molecule has 4 bridgehead atoms. The first-order chi connectivity index (χ1) is 16.5. The summed E-state index contributed by atoms with van der Waals surface area (Å²) in [6.07, 6.45) is 0. The van der Waals surface area contributed by atoms with Gasteiger partial charge in [0, 0.05) is 12.1 Å². The van der Waals surface area contributed by atoms with Crippen molar-refractivity contribution in [2.24, 2.45) is 0 Å². The maximum Gasteiger partial charge on any atom is 0.382 e. The van der Waals surface area contributed by atoms with Crippen LogP contribution in [0.3, 0.4) is 0 Å². The second-order valence-corrected chi connectivity index (χ2v) is 6.60. The highest BCUT2D eigenvalue weighted by atomic mass is 16.5. The van der Waals surface area contributed by atoms with Crippen molar-refractivity contribution in [2.45, 2.75) is 0 Å². The molecule has 12 heteroatoms. The van der Waals surface area contributed by atoms with Gasteiger partial charge in [-0.1, -0.05) is 34.6 Å². The Hall–Kier alpha value is -5.26. The molecule has 0 saturated heterocycles. The van der Waals surface area contributed by atoms with Gasteiger partial charge in [-0.15, -0.1) is 0 Å². The fraction of sp³-hybridized carbons (Fsp3) is 0. The van der Waals surface area contributed by atoms with E-state index in [-0.39, 0.29) is 33.4 Å². The Bertz CT molecular complexity index is 1690. The van der Waals surface area contributed by atoms with Gasteiger partial charge in [-0.25, -0.2) is 19.2 Å². The predicted octanol–water partition coefficient (Wildman–Crippen LogP) is 2.90. The zero-order valence-electron chi connectivity index (χ0n) is 16.8. The topological polar surface area (TPSA) is 173 Å². The molecule has 0 radical (unpaired) electrons. The molecule has 0 aliphatic rings. The SMILES string of the molecule is O=c1oc2ccccc2oc(=O)c2cc(no2)c(=O)oc2ccccc2oc(=O)c2cc1no2. The number of hydrogen-bond donors (Lipinski definition) is 0. The molecule has 0 spiro atoms. The van der Waals surface area contributed by atoms with Crippen LogP contribution < -0.4 is 22.5 Å². The molecular formula is C22H10N2O10. The number of fused-ring (bicyclic) bond motifs is 6. The molecule has 0 aliphatic carbocycles. The van der Waals surface area contributed by atoms with Gasteiger partial charge >= 0.3 is 22.5 Å². The predicted molar refractivity (Wildman–Crippen MR) is 115 cm³/mol. The van der Waals surface area contributed by atoms with E-state index >= 15 is 0 Å². The Balaban J connectivity index is 2.00. The van der Waals surface area contributed by atoms with Crippen LogP contribution >= 0.6 is 0 Å². The Morgan fingerprint density at radius 2 is 0.765 bits per heavy atom. The number of aromatic nitrogens is 2. The molecule has 12 nitrogen and oxygen atoms in total. The van der Waals surface area contributed by atoms with E-state index in [2.05, 4.69) is 10.3 Å². The van der Waals surface area contributed by atoms with Crippen molar-refractivity contribution < 1.29 is 26.7 Å². The van der Waals surface area contributed by atoms with Crippen LogP contribution in [0.4, 0.5) is 0 Å². The normalized spacial score (nSPS) is 10.8. The summed E-state index contributed by atoms with van der Waals surface area (Å²) in [6, 6.07) is 13.5. The molecule has 5 rings (SSSR count). The third-order valence-corrected chi connectivity index (χ3v) is 4.35. The molecule has 0 aliphatic heterocycles. The van der Waals surface area contributed by atoms with E-state index in [4.69, 9.17) is 26.7 Å². The molecule has 34 heavy (non-hydrogen) atoms. The number of benzene rings is 2. The van der Waals surface area contributed by atoms with E-state index in [0.29, 0.717) is 0 Å². The molecule has 5 aromatic rings. The number of hydrogen-bond acceptors (Lipinski definition) is 12. The molecule has 0 saturated carbocycles. The number of nitrogens with zero attached hydrogens (tertiary/aromatic N) is 2. The zero-order valence-corrected chi connectivity index (χ0v) is 16.8. The Morgan fingerprint density at radius 3 is 1.12 bits per heavy atom. The quantitative estimate of drug-likeness (QED) is 0.330. The van der Waals surface area contributed by atoms with Crippen molar-refractivity contribution in [1.29, 1.82) is 0 Å². The van der Waals surface area contributed by atoms with Gasteiger partial charge in [-0.2, -0.15) is 0 Å². The average Bonchev–Trinajstić information content (AvgIpc) is 3.52. The van der Waals surface area contributed by atoms with E-state index in [1.807, 2.05) is 0 Å². The van der Waals surface area contributed by atoms with Crippen molar-refractivity contribution >= 4 is 44.5 Å². The van der Waals surface area contributed by atoms with Gasteiger partial charge in [0.1, 0.15) is 0 Å². The van der Waals surface area contributed by atoms with Gasteiger partial charge in [0.2, 0.25) is 11.2 Å². The van der Waals surface area contributed by atoms with Crippen molar-refractivity contribution in [1.82, 2.24) is 10.3 Å². The Kier molecular flexibility index (Phi) is 5.07. The van der Waals surface area contributed by atoms with Gasteiger partial charge < -0.3 is 26.7 Å². The van der Waals surface area contributed by atoms with E-state index < -0.39 is 33.7 Å². The number of rotatable bonds is 0. The summed E-state index contributed by atoms with van der Waals surface area (Å²) in [6.45, 7) is 0. The lowest BCUT2D eigenvalue weighted by atomic mass is 10.3. The highest BCUT2D eigenvalue weighted by Crippen LogP contribution is 2.10. The highest BCUT2D eigenvalue weighted by Gasteiger charge is 2.07. The van der Waals surface area contributed by atoms with Crippen molar-refractivity contribution in [2.75, 3.05) is 0 Å².